The molecule has 4 nitrogen and oxygen atoms in total. The summed E-state index contributed by atoms with van der Waals surface area (Å²) < 4.78 is 38.4. The molecule has 1 amide bonds. The Labute approximate surface area is 125 Å². The molecule has 0 aliphatic rings. The molecule has 0 saturated heterocycles. The SMILES string of the molecule is NC(=O)CCCCNc1ccc(C(F)(F)F)c(C(N)=S)c1. The Hall–Kier alpha value is -1.83. The first-order valence-corrected chi connectivity index (χ1v) is 6.66. The van der Waals surface area contributed by atoms with Gasteiger partial charge in [-0.2, -0.15) is 13.2 Å². The van der Waals surface area contributed by atoms with Crippen LogP contribution in [0.1, 0.15) is 30.4 Å². The molecule has 116 valence electrons. The Morgan fingerprint density at radius 1 is 1.24 bits per heavy atom. The minimum Gasteiger partial charge on any atom is -0.389 e. The van der Waals surface area contributed by atoms with Gasteiger partial charge in [0, 0.05) is 24.2 Å². The zero-order valence-corrected chi connectivity index (χ0v) is 12.0. The van der Waals surface area contributed by atoms with Crippen LogP contribution in [0.4, 0.5) is 18.9 Å². The number of hydrogen-bond acceptors (Lipinski definition) is 3. The molecule has 0 aliphatic heterocycles. The van der Waals surface area contributed by atoms with Crippen LogP contribution in [-0.4, -0.2) is 17.4 Å². The number of primary amides is 1. The number of anilines is 1. The lowest BCUT2D eigenvalue weighted by Gasteiger charge is -2.14. The monoisotopic (exact) mass is 319 g/mol. The van der Waals surface area contributed by atoms with Crippen molar-refractivity contribution in [1.29, 1.82) is 0 Å². The van der Waals surface area contributed by atoms with Crippen molar-refractivity contribution >= 4 is 28.8 Å². The minimum atomic E-state index is -4.50. The molecule has 5 N–H and O–H groups in total. The van der Waals surface area contributed by atoms with Crippen LogP contribution in [0.15, 0.2) is 18.2 Å². The second kappa shape index (κ2) is 7.26. The maximum atomic E-state index is 12.8. The smallest absolute Gasteiger partial charge is 0.389 e. The molecule has 0 bridgehead atoms. The van der Waals surface area contributed by atoms with E-state index < -0.39 is 11.7 Å². The number of alkyl halides is 3. The lowest BCUT2D eigenvalue weighted by atomic mass is 10.1. The van der Waals surface area contributed by atoms with Crippen molar-refractivity contribution in [1.82, 2.24) is 0 Å². The van der Waals surface area contributed by atoms with E-state index >= 15 is 0 Å². The number of nitrogens with two attached hydrogens (primary N) is 2. The summed E-state index contributed by atoms with van der Waals surface area (Å²) in [5, 5.41) is 2.96. The second-order valence-electron chi connectivity index (χ2n) is 4.47. The van der Waals surface area contributed by atoms with E-state index in [-0.39, 0.29) is 22.9 Å². The molecule has 8 heteroatoms. The lowest BCUT2D eigenvalue weighted by molar-refractivity contribution is -0.137. The van der Waals surface area contributed by atoms with Gasteiger partial charge in [0.1, 0.15) is 4.99 Å². The number of amides is 1. The molecular formula is C13H16F3N3OS. The quantitative estimate of drug-likeness (QED) is 0.532. The molecular weight excluding hydrogens is 303 g/mol. The first kappa shape index (κ1) is 17.2. The lowest BCUT2D eigenvalue weighted by Crippen LogP contribution is -2.18. The Morgan fingerprint density at radius 3 is 2.43 bits per heavy atom. The summed E-state index contributed by atoms with van der Waals surface area (Å²) >= 11 is 4.66. The van der Waals surface area contributed by atoms with Crippen molar-refractivity contribution in [2.45, 2.75) is 25.4 Å². The third-order valence-corrected chi connectivity index (χ3v) is 2.99. The second-order valence-corrected chi connectivity index (χ2v) is 4.91. The van der Waals surface area contributed by atoms with E-state index in [1.54, 1.807) is 0 Å². The van der Waals surface area contributed by atoms with Crippen molar-refractivity contribution in [2.24, 2.45) is 11.5 Å². The molecule has 0 fully saturated rings. The number of nitrogens with one attached hydrogen (secondary N) is 1. The maximum Gasteiger partial charge on any atom is 0.417 e. The third kappa shape index (κ3) is 5.58. The summed E-state index contributed by atoms with van der Waals surface area (Å²) in [4.78, 5) is 10.2. The van der Waals surface area contributed by atoms with E-state index in [0.29, 0.717) is 25.1 Å². The minimum absolute atomic E-state index is 0.209. The van der Waals surface area contributed by atoms with E-state index in [2.05, 4.69) is 17.5 Å². The molecule has 0 heterocycles. The Balaban J connectivity index is 2.71. The van der Waals surface area contributed by atoms with Gasteiger partial charge in [0.25, 0.3) is 0 Å². The summed E-state index contributed by atoms with van der Waals surface area (Å²) in [5.74, 6) is -0.375. The number of benzene rings is 1. The molecule has 1 rings (SSSR count). The first-order valence-electron chi connectivity index (χ1n) is 6.25. The standard InChI is InChI=1S/C13H16F3N3OS/c14-13(15,16)10-5-4-8(7-9(10)12(18)21)19-6-2-1-3-11(17)20/h4-5,7,19H,1-3,6H2,(H2,17,20)(H2,18,21). The van der Waals surface area contributed by atoms with Gasteiger partial charge in [-0.25, -0.2) is 0 Å². The van der Waals surface area contributed by atoms with Crippen molar-refractivity contribution in [3.8, 4) is 0 Å². The largest absolute Gasteiger partial charge is 0.417 e. The van der Waals surface area contributed by atoms with E-state index in [0.717, 1.165) is 6.07 Å². The van der Waals surface area contributed by atoms with Crippen LogP contribution in [0.5, 0.6) is 0 Å². The summed E-state index contributed by atoms with van der Waals surface area (Å²) in [7, 11) is 0. The van der Waals surface area contributed by atoms with Gasteiger partial charge in [-0.05, 0) is 31.0 Å². The van der Waals surface area contributed by atoms with Gasteiger partial charge in [0.05, 0.1) is 5.56 Å². The number of carbonyl (C=O) groups is 1. The molecule has 0 aromatic heterocycles. The van der Waals surface area contributed by atoms with Gasteiger partial charge in [-0.15, -0.1) is 0 Å². The van der Waals surface area contributed by atoms with Crippen LogP contribution in [0.2, 0.25) is 0 Å². The fourth-order valence-corrected chi connectivity index (χ4v) is 1.93. The Bertz CT molecular complexity index is 532. The van der Waals surface area contributed by atoms with E-state index in [9.17, 15) is 18.0 Å². The Kier molecular flexibility index (Phi) is 5.95. The van der Waals surface area contributed by atoms with Gasteiger partial charge < -0.3 is 16.8 Å². The normalized spacial score (nSPS) is 11.2. The molecule has 1 aromatic rings. The van der Waals surface area contributed by atoms with Crippen molar-refractivity contribution in [3.63, 3.8) is 0 Å². The van der Waals surface area contributed by atoms with Crippen LogP contribution in [0.3, 0.4) is 0 Å². The number of carbonyl (C=O) groups excluding carboxylic acids is 1. The zero-order valence-electron chi connectivity index (χ0n) is 11.2. The highest BCUT2D eigenvalue weighted by Crippen LogP contribution is 2.33. The highest BCUT2D eigenvalue weighted by molar-refractivity contribution is 7.80. The maximum absolute atomic E-state index is 12.8. The highest BCUT2D eigenvalue weighted by Gasteiger charge is 2.33. The van der Waals surface area contributed by atoms with Crippen LogP contribution in [-0.2, 0) is 11.0 Å². The summed E-state index contributed by atoms with van der Waals surface area (Å²) in [6, 6.07) is 3.54. The van der Waals surface area contributed by atoms with Crippen LogP contribution >= 0.6 is 12.2 Å². The molecule has 0 aliphatic carbocycles. The van der Waals surface area contributed by atoms with Crippen molar-refractivity contribution in [2.75, 3.05) is 11.9 Å². The van der Waals surface area contributed by atoms with E-state index in [1.807, 2.05) is 0 Å². The Morgan fingerprint density at radius 2 is 1.90 bits per heavy atom. The fraction of sp³-hybridized carbons (Fsp3) is 0.385. The number of thiocarbonyl (C=S) groups is 1. The summed E-state index contributed by atoms with van der Waals surface area (Å²) in [6.45, 7) is 0.509. The molecule has 0 saturated carbocycles. The predicted octanol–water partition coefficient (Wildman–Crippen LogP) is 2.41. The molecule has 0 unspecified atom stereocenters. The summed E-state index contributed by atoms with van der Waals surface area (Å²) in [6.07, 6.45) is -2.93. The van der Waals surface area contributed by atoms with Gasteiger partial charge in [-0.1, -0.05) is 12.2 Å². The third-order valence-electron chi connectivity index (χ3n) is 2.77. The fourth-order valence-electron chi connectivity index (χ4n) is 1.76. The van der Waals surface area contributed by atoms with Gasteiger partial charge in [0.2, 0.25) is 5.91 Å². The molecule has 21 heavy (non-hydrogen) atoms. The number of unbranched alkanes of at least 4 members (excludes halogenated alkanes) is 1. The van der Waals surface area contributed by atoms with E-state index in [4.69, 9.17) is 11.5 Å². The number of rotatable bonds is 7. The van der Waals surface area contributed by atoms with Crippen LogP contribution in [0, 0.1) is 0 Å². The highest BCUT2D eigenvalue weighted by atomic mass is 32.1. The number of hydrogen-bond donors (Lipinski definition) is 3. The molecule has 0 spiro atoms. The van der Waals surface area contributed by atoms with E-state index in [1.165, 1.54) is 12.1 Å². The average molecular weight is 319 g/mol. The van der Waals surface area contributed by atoms with Gasteiger partial charge in [-0.3, -0.25) is 4.79 Å². The predicted molar refractivity (Wildman–Crippen MR) is 78.9 cm³/mol. The summed E-state index contributed by atoms with van der Waals surface area (Å²) in [5.41, 5.74) is 9.77. The van der Waals surface area contributed by atoms with Crippen LogP contribution in [0.25, 0.3) is 0 Å². The molecule has 1 aromatic carbocycles. The topological polar surface area (TPSA) is 81.1 Å². The zero-order chi connectivity index (χ0) is 16.0. The van der Waals surface area contributed by atoms with Crippen molar-refractivity contribution < 1.29 is 18.0 Å². The van der Waals surface area contributed by atoms with Crippen molar-refractivity contribution in [3.05, 3.63) is 29.3 Å². The van der Waals surface area contributed by atoms with Gasteiger partial charge >= 0.3 is 6.18 Å². The first-order chi connectivity index (χ1) is 9.71. The molecule has 0 atom stereocenters. The molecule has 0 radical (unpaired) electrons. The van der Waals surface area contributed by atoms with Crippen LogP contribution < -0.4 is 16.8 Å². The average Bonchev–Trinajstić information content (AvgIpc) is 2.36. The number of halogens is 3. The van der Waals surface area contributed by atoms with Gasteiger partial charge in [0.15, 0.2) is 0 Å².